The number of rotatable bonds is 6. The lowest BCUT2D eigenvalue weighted by atomic mass is 10.5. The van der Waals surface area contributed by atoms with E-state index in [1.165, 1.54) is 0 Å². The summed E-state index contributed by atoms with van der Waals surface area (Å²) in [6, 6.07) is 0. The number of amides is 1. The summed E-state index contributed by atoms with van der Waals surface area (Å²) in [5, 5.41) is 0. The monoisotopic (exact) mass is 161 g/mol. The molecule has 0 aliphatic heterocycles. The van der Waals surface area contributed by atoms with Crippen molar-refractivity contribution in [3.63, 3.8) is 0 Å². The van der Waals surface area contributed by atoms with E-state index in [2.05, 4.69) is 4.74 Å². The van der Waals surface area contributed by atoms with Gasteiger partial charge in [0.1, 0.15) is 0 Å². The van der Waals surface area contributed by atoms with Crippen LogP contribution in [0.2, 0.25) is 0 Å². The molecule has 0 aliphatic carbocycles. The molecule has 0 heterocycles. The standard InChI is InChI=1S/C7H15NO3/c1-2-4-10-5-3-6-11-7(8)9/h2-6H2,1H3,(H2,8,9). The SMILES string of the molecule is CCCOCCCOC(N)=O. The third kappa shape index (κ3) is 9.23. The van der Waals surface area contributed by atoms with Gasteiger partial charge in [0.2, 0.25) is 0 Å². The Bertz CT molecular complexity index is 106. The first-order valence-electron chi connectivity index (χ1n) is 3.77. The zero-order valence-electron chi connectivity index (χ0n) is 6.84. The van der Waals surface area contributed by atoms with Gasteiger partial charge in [0.05, 0.1) is 6.61 Å². The molecule has 0 aliphatic rings. The second-order valence-corrected chi connectivity index (χ2v) is 2.13. The van der Waals surface area contributed by atoms with Crippen LogP contribution in [0.4, 0.5) is 4.79 Å². The van der Waals surface area contributed by atoms with Gasteiger partial charge in [-0.25, -0.2) is 4.79 Å². The van der Waals surface area contributed by atoms with Crippen LogP contribution >= 0.6 is 0 Å². The number of carbonyl (C=O) groups is 1. The van der Waals surface area contributed by atoms with E-state index in [-0.39, 0.29) is 0 Å². The molecule has 0 rings (SSSR count). The third-order valence-electron chi connectivity index (χ3n) is 1.03. The molecule has 0 saturated heterocycles. The summed E-state index contributed by atoms with van der Waals surface area (Å²) in [4.78, 5) is 10.0. The maximum atomic E-state index is 10.0. The molecular formula is C7H15NO3. The molecule has 2 N–H and O–H groups in total. The van der Waals surface area contributed by atoms with Crippen molar-refractivity contribution in [2.24, 2.45) is 5.73 Å². The predicted molar refractivity (Wildman–Crippen MR) is 41.3 cm³/mol. The van der Waals surface area contributed by atoms with E-state index < -0.39 is 6.09 Å². The van der Waals surface area contributed by atoms with Crippen LogP contribution in [0.3, 0.4) is 0 Å². The van der Waals surface area contributed by atoms with E-state index in [4.69, 9.17) is 10.5 Å². The van der Waals surface area contributed by atoms with Crippen molar-refractivity contribution in [1.29, 1.82) is 0 Å². The van der Waals surface area contributed by atoms with Crippen LogP contribution < -0.4 is 5.73 Å². The molecule has 0 aromatic carbocycles. The number of nitrogens with two attached hydrogens (primary N) is 1. The first-order valence-corrected chi connectivity index (χ1v) is 3.77. The Balaban J connectivity index is 2.85. The van der Waals surface area contributed by atoms with Gasteiger partial charge in [-0.15, -0.1) is 0 Å². The summed E-state index contributed by atoms with van der Waals surface area (Å²) >= 11 is 0. The van der Waals surface area contributed by atoms with Crippen LogP contribution in [0.25, 0.3) is 0 Å². The summed E-state index contributed by atoms with van der Waals surface area (Å²) in [6.07, 6.45) is 1.00. The Labute approximate surface area is 66.7 Å². The van der Waals surface area contributed by atoms with E-state index in [1.807, 2.05) is 6.92 Å². The number of carbonyl (C=O) groups excluding carboxylic acids is 1. The summed E-state index contributed by atoms with van der Waals surface area (Å²) < 4.78 is 9.61. The van der Waals surface area contributed by atoms with E-state index in [1.54, 1.807) is 0 Å². The first-order chi connectivity index (χ1) is 5.27. The summed E-state index contributed by atoms with van der Waals surface area (Å²) in [6.45, 7) is 3.77. The Kier molecular flexibility index (Phi) is 6.82. The number of hydrogen-bond donors (Lipinski definition) is 1. The molecule has 0 aromatic rings. The van der Waals surface area contributed by atoms with E-state index >= 15 is 0 Å². The average molecular weight is 161 g/mol. The molecule has 4 nitrogen and oxygen atoms in total. The Morgan fingerprint density at radius 2 is 2.09 bits per heavy atom. The zero-order chi connectivity index (χ0) is 8.53. The van der Waals surface area contributed by atoms with E-state index in [0.717, 1.165) is 13.0 Å². The number of primary amides is 1. The second-order valence-electron chi connectivity index (χ2n) is 2.13. The fourth-order valence-electron chi connectivity index (χ4n) is 0.580. The van der Waals surface area contributed by atoms with Gasteiger partial charge < -0.3 is 15.2 Å². The Morgan fingerprint density at radius 3 is 2.64 bits per heavy atom. The van der Waals surface area contributed by atoms with Gasteiger partial charge in [0.15, 0.2) is 0 Å². The fraction of sp³-hybridized carbons (Fsp3) is 0.857. The molecule has 0 fully saturated rings. The molecule has 4 heteroatoms. The van der Waals surface area contributed by atoms with Crippen LogP contribution in [0, 0.1) is 0 Å². The highest BCUT2D eigenvalue weighted by Gasteiger charge is 1.92. The normalized spacial score (nSPS) is 9.55. The molecule has 1 amide bonds. The van der Waals surface area contributed by atoms with Crippen LogP contribution in [-0.4, -0.2) is 25.9 Å². The van der Waals surface area contributed by atoms with E-state index in [9.17, 15) is 4.79 Å². The Hall–Kier alpha value is -0.770. The van der Waals surface area contributed by atoms with Crippen molar-refractivity contribution in [3.05, 3.63) is 0 Å². The average Bonchev–Trinajstić information content (AvgIpc) is 1.96. The molecule has 0 unspecified atom stereocenters. The largest absolute Gasteiger partial charge is 0.450 e. The molecule has 0 saturated carbocycles. The van der Waals surface area contributed by atoms with Gasteiger partial charge in [0, 0.05) is 19.6 Å². The van der Waals surface area contributed by atoms with Crippen molar-refractivity contribution in [1.82, 2.24) is 0 Å². The molecule has 0 bridgehead atoms. The third-order valence-corrected chi connectivity index (χ3v) is 1.03. The van der Waals surface area contributed by atoms with Gasteiger partial charge in [-0.2, -0.15) is 0 Å². The highest BCUT2D eigenvalue weighted by molar-refractivity contribution is 5.64. The molecule has 0 atom stereocenters. The van der Waals surface area contributed by atoms with Crippen LogP contribution in [0.5, 0.6) is 0 Å². The van der Waals surface area contributed by atoms with Gasteiger partial charge in [0.25, 0.3) is 0 Å². The van der Waals surface area contributed by atoms with Gasteiger partial charge in [-0.05, 0) is 6.42 Å². The van der Waals surface area contributed by atoms with Gasteiger partial charge in [-0.3, -0.25) is 0 Å². The van der Waals surface area contributed by atoms with E-state index in [0.29, 0.717) is 19.6 Å². The second kappa shape index (κ2) is 7.34. The lowest BCUT2D eigenvalue weighted by molar-refractivity contribution is 0.104. The van der Waals surface area contributed by atoms with Crippen LogP contribution in [0.1, 0.15) is 19.8 Å². The molecule has 0 radical (unpaired) electrons. The maximum absolute atomic E-state index is 10.0. The molecule has 0 aromatic heterocycles. The minimum absolute atomic E-state index is 0.346. The highest BCUT2D eigenvalue weighted by Crippen LogP contribution is 1.86. The summed E-state index contributed by atoms with van der Waals surface area (Å²) in [7, 11) is 0. The summed E-state index contributed by atoms with van der Waals surface area (Å²) in [5.41, 5.74) is 4.73. The lowest BCUT2D eigenvalue weighted by Crippen LogP contribution is -2.14. The quantitative estimate of drug-likeness (QED) is 0.589. The molecular weight excluding hydrogens is 146 g/mol. The van der Waals surface area contributed by atoms with Crippen LogP contribution in [0.15, 0.2) is 0 Å². The minimum atomic E-state index is -0.722. The van der Waals surface area contributed by atoms with Gasteiger partial charge >= 0.3 is 6.09 Å². The molecule has 0 spiro atoms. The topological polar surface area (TPSA) is 61.6 Å². The predicted octanol–water partition coefficient (Wildman–Crippen LogP) is 0.898. The van der Waals surface area contributed by atoms with Crippen molar-refractivity contribution in [2.45, 2.75) is 19.8 Å². The van der Waals surface area contributed by atoms with Gasteiger partial charge in [-0.1, -0.05) is 6.92 Å². The molecule has 11 heavy (non-hydrogen) atoms. The smallest absolute Gasteiger partial charge is 0.404 e. The van der Waals surface area contributed by atoms with Crippen molar-refractivity contribution in [3.8, 4) is 0 Å². The number of ether oxygens (including phenoxy) is 2. The maximum Gasteiger partial charge on any atom is 0.404 e. The molecule has 66 valence electrons. The fourth-order valence-corrected chi connectivity index (χ4v) is 0.580. The van der Waals surface area contributed by atoms with Crippen molar-refractivity contribution < 1.29 is 14.3 Å². The highest BCUT2D eigenvalue weighted by atomic mass is 16.5. The Morgan fingerprint density at radius 1 is 1.36 bits per heavy atom. The first kappa shape index (κ1) is 10.2. The van der Waals surface area contributed by atoms with Crippen molar-refractivity contribution >= 4 is 6.09 Å². The zero-order valence-corrected chi connectivity index (χ0v) is 6.84. The number of hydrogen-bond acceptors (Lipinski definition) is 3. The summed E-state index contributed by atoms with van der Waals surface area (Å²) in [5.74, 6) is 0. The lowest BCUT2D eigenvalue weighted by Gasteiger charge is -2.01. The minimum Gasteiger partial charge on any atom is -0.450 e. The van der Waals surface area contributed by atoms with Crippen molar-refractivity contribution in [2.75, 3.05) is 19.8 Å². The van der Waals surface area contributed by atoms with Crippen LogP contribution in [-0.2, 0) is 9.47 Å².